The highest BCUT2D eigenvalue weighted by Crippen LogP contribution is 2.40. The second-order valence-corrected chi connectivity index (χ2v) is 9.56. The molecule has 1 amide bonds. The molecule has 1 fully saturated rings. The number of halogens is 2. The van der Waals surface area contributed by atoms with E-state index in [0.717, 1.165) is 40.0 Å². The van der Waals surface area contributed by atoms with E-state index >= 15 is 0 Å². The van der Waals surface area contributed by atoms with Crippen LogP contribution in [0, 0.1) is 5.92 Å². The molecule has 1 aliphatic rings. The minimum Gasteiger partial charge on any atom is -0.325 e. The molecule has 1 heterocycles. The minimum atomic E-state index is -0.00623. The lowest BCUT2D eigenvalue weighted by Crippen LogP contribution is -2.41. The van der Waals surface area contributed by atoms with Gasteiger partial charge in [-0.1, -0.05) is 67.4 Å². The quantitative estimate of drug-likeness (QED) is 0.553. The number of hydrogen-bond donors (Lipinski definition) is 0. The smallest absolute Gasteiger partial charge is 0.237 e. The highest BCUT2D eigenvalue weighted by atomic mass is 35.5. The van der Waals surface area contributed by atoms with Crippen LogP contribution in [0.15, 0.2) is 48.5 Å². The Morgan fingerprint density at radius 2 is 2.00 bits per heavy atom. The number of thioether (sulfide) groups is 1. The van der Waals surface area contributed by atoms with Crippen LogP contribution in [0.4, 0.5) is 0 Å². The van der Waals surface area contributed by atoms with Crippen LogP contribution >= 0.6 is 35.0 Å². The average molecular weight is 437 g/mol. The fourth-order valence-corrected chi connectivity index (χ4v) is 5.37. The van der Waals surface area contributed by atoms with E-state index in [1.54, 1.807) is 11.8 Å². The maximum absolute atomic E-state index is 13.2. The lowest BCUT2D eigenvalue weighted by Gasteiger charge is -2.29. The summed E-state index contributed by atoms with van der Waals surface area (Å²) in [5.41, 5.74) is 2.14. The second kappa shape index (κ2) is 10.0. The third-order valence-electron chi connectivity index (χ3n) is 4.66. The molecule has 150 valence electrons. The Balaban J connectivity index is 1.72. The molecule has 2 aromatic carbocycles. The maximum Gasteiger partial charge on any atom is 0.237 e. The van der Waals surface area contributed by atoms with Crippen LogP contribution in [0.5, 0.6) is 0 Å². The molecular formula is C22H26Cl2N2OS. The van der Waals surface area contributed by atoms with Crippen LogP contribution in [0.2, 0.25) is 10.0 Å². The van der Waals surface area contributed by atoms with Crippen molar-refractivity contribution in [1.82, 2.24) is 9.80 Å². The number of carbonyl (C=O) groups excluding carboxylic acids is 1. The molecule has 0 aliphatic carbocycles. The lowest BCUT2D eigenvalue weighted by molar-refractivity contribution is -0.132. The lowest BCUT2D eigenvalue weighted by atomic mass is 10.1. The zero-order chi connectivity index (χ0) is 20.1. The highest BCUT2D eigenvalue weighted by molar-refractivity contribution is 7.99. The molecule has 0 saturated carbocycles. The Morgan fingerprint density at radius 1 is 1.21 bits per heavy atom. The van der Waals surface area contributed by atoms with Crippen LogP contribution in [-0.2, 0) is 11.3 Å². The summed E-state index contributed by atoms with van der Waals surface area (Å²) in [6, 6.07) is 15.7. The van der Waals surface area contributed by atoms with Gasteiger partial charge in [-0.15, -0.1) is 11.8 Å². The molecule has 0 aromatic heterocycles. The molecule has 0 N–H and O–H groups in total. The van der Waals surface area contributed by atoms with Gasteiger partial charge in [0.15, 0.2) is 0 Å². The molecule has 2 aromatic rings. The van der Waals surface area contributed by atoms with E-state index in [-0.39, 0.29) is 11.3 Å². The van der Waals surface area contributed by atoms with Crippen molar-refractivity contribution in [3.63, 3.8) is 0 Å². The number of nitrogens with zero attached hydrogens (tertiary/aromatic N) is 2. The van der Waals surface area contributed by atoms with Gasteiger partial charge < -0.3 is 4.90 Å². The van der Waals surface area contributed by atoms with Gasteiger partial charge in [-0.2, -0.15) is 0 Å². The molecular weight excluding hydrogens is 411 g/mol. The molecule has 1 unspecified atom stereocenters. The average Bonchev–Trinajstić information content (AvgIpc) is 3.11. The van der Waals surface area contributed by atoms with E-state index in [2.05, 4.69) is 24.8 Å². The van der Waals surface area contributed by atoms with Crippen LogP contribution < -0.4 is 0 Å². The number of hydrogen-bond acceptors (Lipinski definition) is 3. The fourth-order valence-electron chi connectivity index (χ4n) is 3.54. The molecule has 28 heavy (non-hydrogen) atoms. The zero-order valence-electron chi connectivity index (χ0n) is 16.3. The van der Waals surface area contributed by atoms with E-state index in [9.17, 15) is 4.79 Å². The molecule has 3 nitrogen and oxygen atoms in total. The van der Waals surface area contributed by atoms with Gasteiger partial charge in [0, 0.05) is 41.0 Å². The van der Waals surface area contributed by atoms with E-state index in [1.165, 1.54) is 0 Å². The molecule has 6 heteroatoms. The summed E-state index contributed by atoms with van der Waals surface area (Å²) in [6.45, 7) is 7.07. The first kappa shape index (κ1) is 21.5. The summed E-state index contributed by atoms with van der Waals surface area (Å²) in [7, 11) is 0. The minimum absolute atomic E-state index is 0.00623. The third kappa shape index (κ3) is 5.66. The van der Waals surface area contributed by atoms with Crippen LogP contribution in [0.25, 0.3) is 0 Å². The van der Waals surface area contributed by atoms with Crippen molar-refractivity contribution in [2.24, 2.45) is 5.92 Å². The summed E-state index contributed by atoms with van der Waals surface area (Å²) in [5.74, 6) is 1.55. The van der Waals surface area contributed by atoms with Gasteiger partial charge in [-0.25, -0.2) is 0 Å². The first-order valence-corrected chi connectivity index (χ1v) is 11.4. The Hall–Kier alpha value is -1.20. The summed E-state index contributed by atoms with van der Waals surface area (Å²) in [4.78, 5) is 17.4. The number of rotatable bonds is 7. The fraction of sp³-hybridized carbons (Fsp3) is 0.409. The Kier molecular flexibility index (Phi) is 7.69. The Labute approximate surface area is 182 Å². The van der Waals surface area contributed by atoms with Gasteiger partial charge in [-0.3, -0.25) is 9.69 Å². The molecule has 3 rings (SSSR count). The van der Waals surface area contributed by atoms with Gasteiger partial charge in [0.25, 0.3) is 0 Å². The van der Waals surface area contributed by atoms with Crippen LogP contribution in [0.3, 0.4) is 0 Å². The largest absolute Gasteiger partial charge is 0.325 e. The van der Waals surface area contributed by atoms with Crippen molar-refractivity contribution in [1.29, 1.82) is 0 Å². The van der Waals surface area contributed by atoms with Crippen LogP contribution in [0.1, 0.15) is 30.3 Å². The van der Waals surface area contributed by atoms with Crippen molar-refractivity contribution in [3.8, 4) is 0 Å². The number of carbonyl (C=O) groups is 1. The van der Waals surface area contributed by atoms with E-state index in [1.807, 2.05) is 47.4 Å². The molecule has 0 bridgehead atoms. The SMILES string of the molecule is CC(C)CN(CC(=O)N1CCSC1c1ccccc1Cl)Cc1cccc(Cl)c1. The van der Waals surface area contributed by atoms with Gasteiger partial charge in [-0.05, 0) is 29.7 Å². The van der Waals surface area contributed by atoms with E-state index in [0.29, 0.717) is 19.0 Å². The monoisotopic (exact) mass is 436 g/mol. The zero-order valence-corrected chi connectivity index (χ0v) is 18.6. The normalized spacial score (nSPS) is 16.9. The first-order valence-electron chi connectivity index (χ1n) is 9.56. The predicted octanol–water partition coefficient (Wildman–Crippen LogP) is 5.73. The van der Waals surface area contributed by atoms with Crippen molar-refractivity contribution in [3.05, 3.63) is 69.7 Å². The molecule has 0 spiro atoms. The Morgan fingerprint density at radius 3 is 2.71 bits per heavy atom. The van der Waals surface area contributed by atoms with Gasteiger partial charge in [0.1, 0.15) is 5.37 Å². The Bertz CT molecular complexity index is 815. The molecule has 1 atom stereocenters. The maximum atomic E-state index is 13.2. The molecule has 0 radical (unpaired) electrons. The topological polar surface area (TPSA) is 23.6 Å². The summed E-state index contributed by atoms with van der Waals surface area (Å²) in [5, 5.41) is 1.44. The molecule has 1 saturated heterocycles. The van der Waals surface area contributed by atoms with E-state index < -0.39 is 0 Å². The highest BCUT2D eigenvalue weighted by Gasteiger charge is 2.32. The summed E-state index contributed by atoms with van der Waals surface area (Å²) in [6.07, 6.45) is 0. The van der Waals surface area contributed by atoms with Gasteiger partial charge >= 0.3 is 0 Å². The predicted molar refractivity (Wildman–Crippen MR) is 120 cm³/mol. The standard InChI is InChI=1S/C22H26Cl2N2OS/c1-16(2)13-25(14-17-6-5-7-18(23)12-17)15-21(27)26-10-11-28-22(26)19-8-3-4-9-20(19)24/h3-9,12,16,22H,10-11,13-15H2,1-2H3. The first-order chi connectivity index (χ1) is 13.4. The number of benzene rings is 2. The third-order valence-corrected chi connectivity index (χ3v) is 6.48. The van der Waals surface area contributed by atoms with Crippen molar-refractivity contribution < 1.29 is 4.79 Å². The van der Waals surface area contributed by atoms with Crippen LogP contribution in [-0.4, -0.2) is 41.1 Å². The van der Waals surface area contributed by atoms with Gasteiger partial charge in [0.2, 0.25) is 5.91 Å². The van der Waals surface area contributed by atoms with Crippen molar-refractivity contribution in [2.75, 3.05) is 25.4 Å². The number of amides is 1. The summed E-state index contributed by atoms with van der Waals surface area (Å²) >= 11 is 14.3. The van der Waals surface area contributed by atoms with Gasteiger partial charge in [0.05, 0.1) is 6.54 Å². The van der Waals surface area contributed by atoms with Crippen molar-refractivity contribution in [2.45, 2.75) is 25.8 Å². The second-order valence-electron chi connectivity index (χ2n) is 7.53. The van der Waals surface area contributed by atoms with Crippen molar-refractivity contribution >= 4 is 40.9 Å². The molecule has 1 aliphatic heterocycles. The summed E-state index contributed by atoms with van der Waals surface area (Å²) < 4.78 is 0. The van der Waals surface area contributed by atoms with E-state index in [4.69, 9.17) is 23.2 Å².